The van der Waals surface area contributed by atoms with Gasteiger partial charge in [-0.15, -0.1) is 0 Å². The molecule has 0 radical (unpaired) electrons. The number of anilines is 3. The molecular weight excluding hydrogens is 198 g/mol. The summed E-state index contributed by atoms with van der Waals surface area (Å²) in [7, 11) is 1.71. The van der Waals surface area contributed by atoms with E-state index in [-0.39, 0.29) is 19.2 Å². The van der Waals surface area contributed by atoms with Crippen molar-refractivity contribution in [3.05, 3.63) is 6.07 Å². The van der Waals surface area contributed by atoms with Gasteiger partial charge in [0.15, 0.2) is 0 Å². The van der Waals surface area contributed by atoms with Gasteiger partial charge < -0.3 is 26.6 Å². The normalized spacial score (nSPS) is 10.4. The topological polar surface area (TPSA) is 116 Å². The molecule has 0 aromatic carbocycles. The lowest BCUT2D eigenvalue weighted by Gasteiger charge is -2.14. The van der Waals surface area contributed by atoms with Gasteiger partial charge in [0.25, 0.3) is 0 Å². The maximum Gasteiger partial charge on any atom is 0.223 e. The van der Waals surface area contributed by atoms with Crippen LogP contribution in [0, 0.1) is 0 Å². The molecule has 7 nitrogen and oxygen atoms in total. The third-order valence-corrected chi connectivity index (χ3v) is 1.79. The second-order valence-electron chi connectivity index (χ2n) is 2.95. The number of aliphatic hydroxyl groups is 2. The fraction of sp³-hybridized carbons (Fsp3) is 0.500. The highest BCUT2D eigenvalue weighted by atomic mass is 16.3. The smallest absolute Gasteiger partial charge is 0.223 e. The number of hydrogen-bond acceptors (Lipinski definition) is 7. The molecule has 0 aliphatic rings. The van der Waals surface area contributed by atoms with Crippen molar-refractivity contribution in [3.8, 4) is 0 Å². The van der Waals surface area contributed by atoms with E-state index in [2.05, 4.69) is 20.6 Å². The Morgan fingerprint density at radius 2 is 1.93 bits per heavy atom. The molecule has 0 unspecified atom stereocenters. The van der Waals surface area contributed by atoms with E-state index in [9.17, 15) is 0 Å². The molecule has 0 aliphatic carbocycles. The van der Waals surface area contributed by atoms with Gasteiger partial charge in [-0.1, -0.05) is 0 Å². The Morgan fingerprint density at radius 1 is 1.33 bits per heavy atom. The molecular formula is C8H15N5O2. The summed E-state index contributed by atoms with van der Waals surface area (Å²) in [5.41, 5.74) is 5.47. The van der Waals surface area contributed by atoms with Crippen LogP contribution in [0.2, 0.25) is 0 Å². The van der Waals surface area contributed by atoms with Gasteiger partial charge in [-0.2, -0.15) is 9.97 Å². The minimum Gasteiger partial charge on any atom is -0.394 e. The summed E-state index contributed by atoms with van der Waals surface area (Å²) in [5, 5.41) is 23.4. The maximum atomic E-state index is 8.87. The van der Waals surface area contributed by atoms with E-state index < -0.39 is 6.04 Å². The van der Waals surface area contributed by atoms with Gasteiger partial charge in [-0.3, -0.25) is 0 Å². The average Bonchev–Trinajstić information content (AvgIpc) is 2.25. The number of rotatable bonds is 5. The van der Waals surface area contributed by atoms with Crippen LogP contribution in [0.25, 0.3) is 0 Å². The van der Waals surface area contributed by atoms with E-state index in [0.29, 0.717) is 11.6 Å². The number of hydrogen-bond donors (Lipinski definition) is 5. The Labute approximate surface area is 87.4 Å². The highest BCUT2D eigenvalue weighted by Gasteiger charge is 2.07. The molecule has 1 heterocycles. The molecule has 6 N–H and O–H groups in total. The number of nitrogens with one attached hydrogen (secondary N) is 2. The summed E-state index contributed by atoms with van der Waals surface area (Å²) >= 11 is 0. The Balaban J connectivity index is 2.79. The molecule has 84 valence electrons. The van der Waals surface area contributed by atoms with Gasteiger partial charge in [-0.05, 0) is 0 Å². The molecule has 1 rings (SSSR count). The zero-order valence-electron chi connectivity index (χ0n) is 8.44. The van der Waals surface area contributed by atoms with Crippen molar-refractivity contribution in [2.24, 2.45) is 0 Å². The molecule has 15 heavy (non-hydrogen) atoms. The maximum absolute atomic E-state index is 8.87. The van der Waals surface area contributed by atoms with Crippen LogP contribution in [0.1, 0.15) is 0 Å². The second kappa shape index (κ2) is 5.32. The Hall–Kier alpha value is -1.60. The molecule has 1 aromatic heterocycles. The first-order chi connectivity index (χ1) is 7.19. The minimum atomic E-state index is -0.455. The minimum absolute atomic E-state index is 0.124. The van der Waals surface area contributed by atoms with Gasteiger partial charge >= 0.3 is 0 Å². The molecule has 0 aliphatic heterocycles. The Bertz CT molecular complexity index is 316. The molecule has 7 heteroatoms. The van der Waals surface area contributed by atoms with Gasteiger partial charge in [0.2, 0.25) is 5.95 Å². The second-order valence-corrected chi connectivity index (χ2v) is 2.95. The SMILES string of the molecule is CNc1cc(NC(CO)CO)nc(N)n1. The first-order valence-corrected chi connectivity index (χ1v) is 4.50. The predicted octanol–water partition coefficient (Wildman–Crippen LogP) is -1.13. The molecule has 1 aromatic rings. The number of aromatic nitrogens is 2. The van der Waals surface area contributed by atoms with Crippen molar-refractivity contribution < 1.29 is 10.2 Å². The number of nitrogen functional groups attached to an aromatic ring is 1. The van der Waals surface area contributed by atoms with Crippen molar-refractivity contribution in [1.82, 2.24) is 9.97 Å². The van der Waals surface area contributed by atoms with Crippen molar-refractivity contribution in [3.63, 3.8) is 0 Å². The van der Waals surface area contributed by atoms with Crippen molar-refractivity contribution in [2.45, 2.75) is 6.04 Å². The quantitative estimate of drug-likeness (QED) is 0.420. The summed E-state index contributed by atoms with van der Waals surface area (Å²) in [6.07, 6.45) is 0. The van der Waals surface area contributed by atoms with Crippen molar-refractivity contribution in [1.29, 1.82) is 0 Å². The summed E-state index contributed by atoms with van der Waals surface area (Å²) in [6.45, 7) is -0.370. The van der Waals surface area contributed by atoms with E-state index in [1.165, 1.54) is 0 Å². The van der Waals surface area contributed by atoms with Crippen LogP contribution < -0.4 is 16.4 Å². The number of nitrogens with two attached hydrogens (primary N) is 1. The number of nitrogens with zero attached hydrogens (tertiary/aromatic N) is 2. The van der Waals surface area contributed by atoms with Gasteiger partial charge in [0.05, 0.1) is 19.3 Å². The lowest BCUT2D eigenvalue weighted by Crippen LogP contribution is -2.28. The molecule has 0 amide bonds. The Kier molecular flexibility index (Phi) is 4.07. The van der Waals surface area contributed by atoms with E-state index in [1.807, 2.05) is 0 Å². The molecule has 0 spiro atoms. The lowest BCUT2D eigenvalue weighted by molar-refractivity contribution is 0.203. The van der Waals surface area contributed by atoms with E-state index in [4.69, 9.17) is 15.9 Å². The van der Waals surface area contributed by atoms with Gasteiger partial charge in [-0.25, -0.2) is 0 Å². The zero-order chi connectivity index (χ0) is 11.3. The summed E-state index contributed by atoms with van der Waals surface area (Å²) in [6, 6.07) is 1.18. The first kappa shape index (κ1) is 11.5. The van der Waals surface area contributed by atoms with Crippen LogP contribution in [0.15, 0.2) is 6.07 Å². The van der Waals surface area contributed by atoms with Gasteiger partial charge in [0, 0.05) is 13.1 Å². The highest BCUT2D eigenvalue weighted by molar-refractivity contribution is 5.51. The van der Waals surface area contributed by atoms with Gasteiger partial charge in [0.1, 0.15) is 11.6 Å². The van der Waals surface area contributed by atoms with E-state index in [0.717, 1.165) is 0 Å². The molecule has 0 bridgehead atoms. The molecule has 0 fully saturated rings. The third-order valence-electron chi connectivity index (χ3n) is 1.79. The van der Waals surface area contributed by atoms with Crippen LogP contribution in [-0.4, -0.2) is 46.5 Å². The molecule has 0 atom stereocenters. The van der Waals surface area contributed by atoms with Crippen LogP contribution in [0.4, 0.5) is 17.6 Å². The summed E-state index contributed by atoms with van der Waals surface area (Å²) in [4.78, 5) is 7.81. The fourth-order valence-corrected chi connectivity index (χ4v) is 1.03. The highest BCUT2D eigenvalue weighted by Crippen LogP contribution is 2.12. The molecule has 0 saturated carbocycles. The summed E-state index contributed by atoms with van der Waals surface area (Å²) in [5.74, 6) is 1.15. The van der Waals surface area contributed by atoms with Crippen LogP contribution in [0.5, 0.6) is 0 Å². The van der Waals surface area contributed by atoms with Crippen LogP contribution >= 0.6 is 0 Å². The molecule has 0 saturated heterocycles. The zero-order valence-corrected chi connectivity index (χ0v) is 8.44. The fourth-order valence-electron chi connectivity index (χ4n) is 1.03. The largest absolute Gasteiger partial charge is 0.394 e. The van der Waals surface area contributed by atoms with E-state index in [1.54, 1.807) is 13.1 Å². The summed E-state index contributed by atoms with van der Waals surface area (Å²) < 4.78 is 0. The standard InChI is InChI=1S/C8H15N5O2/c1-10-6-2-7(13-8(9)12-6)11-5(3-14)4-15/h2,5,14-15H,3-4H2,1H3,(H4,9,10,11,12,13). The van der Waals surface area contributed by atoms with Crippen molar-refractivity contribution in [2.75, 3.05) is 36.6 Å². The first-order valence-electron chi connectivity index (χ1n) is 4.50. The predicted molar refractivity (Wildman–Crippen MR) is 57.6 cm³/mol. The van der Waals surface area contributed by atoms with Crippen molar-refractivity contribution >= 4 is 17.6 Å². The van der Waals surface area contributed by atoms with Crippen LogP contribution in [-0.2, 0) is 0 Å². The average molecular weight is 213 g/mol. The van der Waals surface area contributed by atoms with E-state index >= 15 is 0 Å². The third kappa shape index (κ3) is 3.22. The van der Waals surface area contributed by atoms with Crippen LogP contribution in [0.3, 0.4) is 0 Å². The monoisotopic (exact) mass is 213 g/mol. The lowest BCUT2D eigenvalue weighted by atomic mass is 10.3. The Morgan fingerprint density at radius 3 is 2.47 bits per heavy atom. The number of aliphatic hydroxyl groups excluding tert-OH is 2.